The number of fused-ring (bicyclic) bond motifs is 1. The lowest BCUT2D eigenvalue weighted by molar-refractivity contribution is -0.110. The first-order valence-electron chi connectivity index (χ1n) is 8.56. The van der Waals surface area contributed by atoms with Crippen molar-refractivity contribution in [3.63, 3.8) is 0 Å². The molecule has 26 heavy (non-hydrogen) atoms. The molecule has 2 N–H and O–H groups in total. The van der Waals surface area contributed by atoms with Crippen LogP contribution in [0.5, 0.6) is 5.75 Å². The molecule has 1 atom stereocenters. The van der Waals surface area contributed by atoms with Crippen LogP contribution in [-0.2, 0) is 10.2 Å². The second-order valence-electron chi connectivity index (χ2n) is 6.51. The highest BCUT2D eigenvalue weighted by atomic mass is 16.3. The summed E-state index contributed by atoms with van der Waals surface area (Å²) in [4.78, 5) is 16.1. The van der Waals surface area contributed by atoms with Gasteiger partial charge < -0.3 is 14.9 Å². The largest absolute Gasteiger partial charge is 0.508 e. The van der Waals surface area contributed by atoms with Gasteiger partial charge in [0.25, 0.3) is 0 Å². The van der Waals surface area contributed by atoms with Gasteiger partial charge in [0.05, 0.1) is 0 Å². The maximum Gasteiger partial charge on any atom is 0.140 e. The molecule has 0 spiro atoms. The van der Waals surface area contributed by atoms with Gasteiger partial charge in [-0.15, -0.1) is 0 Å². The summed E-state index contributed by atoms with van der Waals surface area (Å²) in [5.74, 6) is 0.176. The van der Waals surface area contributed by atoms with E-state index in [0.717, 1.165) is 39.6 Å². The third-order valence-corrected chi connectivity index (χ3v) is 5.09. The monoisotopic (exact) mass is 341 g/mol. The van der Waals surface area contributed by atoms with Crippen molar-refractivity contribution in [2.24, 2.45) is 0 Å². The molecule has 0 aliphatic heterocycles. The first-order chi connectivity index (χ1) is 12.7. The second-order valence-corrected chi connectivity index (χ2v) is 6.51. The number of aromatic nitrogens is 1. The van der Waals surface area contributed by atoms with Crippen LogP contribution in [0.1, 0.15) is 22.4 Å². The van der Waals surface area contributed by atoms with Gasteiger partial charge in [-0.1, -0.05) is 60.7 Å². The summed E-state index contributed by atoms with van der Waals surface area (Å²) < 4.78 is 0. The minimum Gasteiger partial charge on any atom is -0.508 e. The Morgan fingerprint density at radius 3 is 2.12 bits per heavy atom. The number of phenolic OH excluding ortho intramolecular Hbond substituents is 1. The molecular formula is C23H19NO2. The molecule has 4 aromatic rings. The van der Waals surface area contributed by atoms with Crippen molar-refractivity contribution in [2.75, 3.05) is 0 Å². The number of phenols is 1. The van der Waals surface area contributed by atoms with Crippen LogP contribution < -0.4 is 0 Å². The van der Waals surface area contributed by atoms with Gasteiger partial charge in [0.1, 0.15) is 17.5 Å². The second kappa shape index (κ2) is 6.19. The Labute approximate surface area is 151 Å². The van der Waals surface area contributed by atoms with Crippen molar-refractivity contribution >= 4 is 17.2 Å². The van der Waals surface area contributed by atoms with Crippen LogP contribution in [0.2, 0.25) is 0 Å². The zero-order valence-electron chi connectivity index (χ0n) is 14.4. The molecule has 3 aromatic carbocycles. The number of carbonyl (C=O) groups excluding carboxylic acids is 1. The number of rotatable bonds is 4. The molecule has 0 saturated heterocycles. The topological polar surface area (TPSA) is 53.1 Å². The number of aldehydes is 1. The van der Waals surface area contributed by atoms with E-state index in [9.17, 15) is 9.90 Å². The number of hydrogen-bond donors (Lipinski definition) is 2. The highest BCUT2D eigenvalue weighted by Crippen LogP contribution is 2.41. The number of nitrogens with one attached hydrogen (secondary N) is 1. The van der Waals surface area contributed by atoms with Gasteiger partial charge in [0.2, 0.25) is 0 Å². The Hall–Kier alpha value is -3.33. The zero-order chi connectivity index (χ0) is 18.1. The molecule has 0 aliphatic rings. The molecule has 0 radical (unpaired) electrons. The normalized spacial score (nSPS) is 13.4. The van der Waals surface area contributed by atoms with Crippen LogP contribution >= 0.6 is 0 Å². The highest BCUT2D eigenvalue weighted by Gasteiger charge is 2.39. The number of aromatic hydroxyl groups is 1. The lowest BCUT2D eigenvalue weighted by atomic mass is 9.72. The van der Waals surface area contributed by atoms with Crippen molar-refractivity contribution in [1.82, 2.24) is 4.98 Å². The predicted octanol–water partition coefficient (Wildman–Crippen LogP) is 4.72. The van der Waals surface area contributed by atoms with Crippen molar-refractivity contribution < 1.29 is 9.90 Å². The average Bonchev–Trinajstić information content (AvgIpc) is 3.03. The Bertz CT molecular complexity index is 1060. The van der Waals surface area contributed by atoms with E-state index in [2.05, 4.69) is 11.1 Å². The molecule has 1 heterocycles. The summed E-state index contributed by atoms with van der Waals surface area (Å²) in [5, 5.41) is 10.8. The maximum atomic E-state index is 12.7. The van der Waals surface area contributed by atoms with E-state index in [-0.39, 0.29) is 5.75 Å². The number of H-pyrrole nitrogens is 1. The zero-order valence-corrected chi connectivity index (χ0v) is 14.4. The summed E-state index contributed by atoms with van der Waals surface area (Å²) in [7, 11) is 0. The molecule has 0 amide bonds. The fourth-order valence-electron chi connectivity index (χ4n) is 3.75. The fraction of sp³-hybridized carbons (Fsp3) is 0.0870. The number of para-hydroxylation sites is 1. The standard InChI is InChI=1S/C23H19NO2/c1-16-20-9-5-6-10-21(20)24-22(16)23(15-25,17-7-3-2-4-8-17)18-11-13-19(26)14-12-18/h2-15,24,26H,1H3/t23-/m1/s1. The Morgan fingerprint density at radius 1 is 0.846 bits per heavy atom. The molecule has 4 rings (SSSR count). The Morgan fingerprint density at radius 2 is 1.46 bits per heavy atom. The number of aryl methyl sites for hydroxylation is 1. The van der Waals surface area contributed by atoms with Gasteiger partial charge in [-0.05, 0) is 41.8 Å². The van der Waals surface area contributed by atoms with E-state index in [4.69, 9.17) is 0 Å². The van der Waals surface area contributed by atoms with Crippen LogP contribution in [0.15, 0.2) is 78.9 Å². The molecular weight excluding hydrogens is 322 g/mol. The van der Waals surface area contributed by atoms with Crippen LogP contribution in [0.4, 0.5) is 0 Å². The SMILES string of the molecule is Cc1c([C@](C=O)(c2ccccc2)c2ccc(O)cc2)[nH]c2ccccc12. The lowest BCUT2D eigenvalue weighted by Gasteiger charge is -2.29. The molecule has 3 nitrogen and oxygen atoms in total. The summed E-state index contributed by atoms with van der Waals surface area (Å²) in [6, 6.07) is 24.6. The Kier molecular flexibility index (Phi) is 3.85. The number of aromatic amines is 1. The molecule has 1 aromatic heterocycles. The number of benzene rings is 3. The van der Waals surface area contributed by atoms with Gasteiger partial charge in [-0.2, -0.15) is 0 Å². The minimum atomic E-state index is -0.974. The Balaban J connectivity index is 2.09. The lowest BCUT2D eigenvalue weighted by Crippen LogP contribution is -2.32. The molecule has 0 fully saturated rings. The van der Waals surface area contributed by atoms with E-state index in [1.54, 1.807) is 12.1 Å². The first kappa shape index (κ1) is 16.2. The predicted molar refractivity (Wildman–Crippen MR) is 104 cm³/mol. The van der Waals surface area contributed by atoms with E-state index in [1.807, 2.05) is 67.6 Å². The van der Waals surface area contributed by atoms with Crippen molar-refractivity contribution in [3.8, 4) is 5.75 Å². The van der Waals surface area contributed by atoms with Crippen LogP contribution in [0.25, 0.3) is 10.9 Å². The molecule has 0 unspecified atom stereocenters. The molecule has 0 bridgehead atoms. The van der Waals surface area contributed by atoms with Crippen molar-refractivity contribution in [1.29, 1.82) is 0 Å². The van der Waals surface area contributed by atoms with Crippen LogP contribution in [0.3, 0.4) is 0 Å². The van der Waals surface area contributed by atoms with E-state index < -0.39 is 5.41 Å². The van der Waals surface area contributed by atoms with E-state index in [1.165, 1.54) is 0 Å². The van der Waals surface area contributed by atoms with E-state index >= 15 is 0 Å². The van der Waals surface area contributed by atoms with Gasteiger partial charge >= 0.3 is 0 Å². The third-order valence-electron chi connectivity index (χ3n) is 5.09. The summed E-state index contributed by atoms with van der Waals surface area (Å²) in [6.45, 7) is 2.04. The van der Waals surface area contributed by atoms with Gasteiger partial charge in [-0.25, -0.2) is 0 Å². The first-order valence-corrected chi connectivity index (χ1v) is 8.56. The number of hydrogen-bond acceptors (Lipinski definition) is 2. The summed E-state index contributed by atoms with van der Waals surface area (Å²) in [5.41, 5.74) is 3.62. The van der Waals surface area contributed by atoms with Gasteiger partial charge in [0, 0.05) is 16.6 Å². The highest BCUT2D eigenvalue weighted by molar-refractivity contribution is 5.90. The van der Waals surface area contributed by atoms with Crippen molar-refractivity contribution in [2.45, 2.75) is 12.3 Å². The van der Waals surface area contributed by atoms with Gasteiger partial charge in [0.15, 0.2) is 0 Å². The molecule has 3 heteroatoms. The summed E-state index contributed by atoms with van der Waals surface area (Å²) >= 11 is 0. The number of carbonyl (C=O) groups is 1. The van der Waals surface area contributed by atoms with Gasteiger partial charge in [-0.3, -0.25) is 0 Å². The van der Waals surface area contributed by atoms with E-state index in [0.29, 0.717) is 0 Å². The average molecular weight is 341 g/mol. The smallest absolute Gasteiger partial charge is 0.140 e. The molecule has 128 valence electrons. The molecule has 0 aliphatic carbocycles. The van der Waals surface area contributed by atoms with Crippen molar-refractivity contribution in [3.05, 3.63) is 101 Å². The third kappa shape index (κ3) is 2.32. The fourth-order valence-corrected chi connectivity index (χ4v) is 3.75. The van der Waals surface area contributed by atoms with Crippen LogP contribution in [-0.4, -0.2) is 16.4 Å². The molecule has 0 saturated carbocycles. The van der Waals surface area contributed by atoms with Crippen LogP contribution in [0, 0.1) is 6.92 Å². The quantitative estimate of drug-likeness (QED) is 0.528. The summed E-state index contributed by atoms with van der Waals surface area (Å²) in [6.07, 6.45) is 0.992. The minimum absolute atomic E-state index is 0.176. The maximum absolute atomic E-state index is 12.7.